The fourth-order valence-corrected chi connectivity index (χ4v) is 3.82. The highest BCUT2D eigenvalue weighted by Crippen LogP contribution is 2.34. The predicted molar refractivity (Wildman–Crippen MR) is 85.3 cm³/mol. The molecule has 1 unspecified atom stereocenters. The van der Waals surface area contributed by atoms with Crippen LogP contribution >= 0.6 is 23.4 Å². The van der Waals surface area contributed by atoms with E-state index in [1.165, 1.54) is 4.57 Å². The van der Waals surface area contributed by atoms with Gasteiger partial charge in [0.1, 0.15) is 5.15 Å². The molecule has 1 fully saturated rings. The molecule has 1 aliphatic rings. The van der Waals surface area contributed by atoms with E-state index in [1.807, 2.05) is 13.2 Å². The maximum Gasteiger partial charge on any atom is 0.329 e. The molecule has 2 rings (SSSR count). The highest BCUT2D eigenvalue weighted by Gasteiger charge is 2.26. The van der Waals surface area contributed by atoms with E-state index in [0.717, 1.165) is 37.9 Å². The highest BCUT2D eigenvalue weighted by atomic mass is 35.5. The van der Waals surface area contributed by atoms with Crippen molar-refractivity contribution in [2.45, 2.75) is 51.0 Å². The number of aromatic nitrogens is 2. The number of hydrogen-bond acceptors (Lipinski definition) is 3. The molecule has 4 nitrogen and oxygen atoms in total. The molecular weight excluding hydrogens is 296 g/mol. The van der Waals surface area contributed by atoms with Crippen LogP contribution in [0, 0.1) is 0 Å². The molecule has 0 saturated heterocycles. The van der Waals surface area contributed by atoms with Crippen LogP contribution in [0.5, 0.6) is 0 Å². The predicted octanol–water partition coefficient (Wildman–Crippen LogP) is 3.16. The van der Waals surface area contributed by atoms with Gasteiger partial charge in [-0.1, -0.05) is 24.4 Å². The molecule has 0 bridgehead atoms. The third kappa shape index (κ3) is 3.14. The first-order valence-corrected chi connectivity index (χ1v) is 8.86. The van der Waals surface area contributed by atoms with Crippen LogP contribution < -0.4 is 11.2 Å². The lowest BCUT2D eigenvalue weighted by atomic mass is 10.0. The number of hydrogen-bond donors (Lipinski definition) is 1. The molecule has 112 valence electrons. The van der Waals surface area contributed by atoms with Crippen molar-refractivity contribution >= 4 is 23.4 Å². The minimum atomic E-state index is -0.393. The summed E-state index contributed by atoms with van der Waals surface area (Å²) < 4.78 is 1.34. The van der Waals surface area contributed by atoms with Gasteiger partial charge < -0.3 is 0 Å². The third-order valence-corrected chi connectivity index (χ3v) is 5.01. The topological polar surface area (TPSA) is 54.9 Å². The Bertz CT molecular complexity index is 576. The molecule has 0 spiro atoms. The average Bonchev–Trinajstić information content (AvgIpc) is 2.89. The highest BCUT2D eigenvalue weighted by molar-refractivity contribution is 7.98. The van der Waals surface area contributed by atoms with Crippen LogP contribution in [0.4, 0.5) is 0 Å². The molecular formula is C14H21ClN2O2S. The summed E-state index contributed by atoms with van der Waals surface area (Å²) in [5, 5.41) is 0.236. The normalized spacial score (nSPS) is 17.6. The standard InChI is InChI=1S/C14H21ClN2O2S/c1-9(7-8-20-2)17-13(18)11(10-5-3-4-6-10)12(15)16-14(17)19/h9-10H,3-8H2,1-2H3,(H,16,19). The molecule has 0 radical (unpaired) electrons. The van der Waals surface area contributed by atoms with Gasteiger partial charge in [0, 0.05) is 6.04 Å². The minimum absolute atomic E-state index is 0.101. The summed E-state index contributed by atoms with van der Waals surface area (Å²) in [7, 11) is 0. The van der Waals surface area contributed by atoms with Gasteiger partial charge in [0.25, 0.3) is 5.56 Å². The van der Waals surface area contributed by atoms with Crippen LogP contribution in [-0.2, 0) is 0 Å². The van der Waals surface area contributed by atoms with Gasteiger partial charge in [-0.2, -0.15) is 11.8 Å². The molecule has 0 aromatic carbocycles. The molecule has 1 heterocycles. The number of nitrogens with one attached hydrogen (secondary N) is 1. The first-order valence-electron chi connectivity index (χ1n) is 7.09. The Kier molecular flexibility index (Phi) is 5.38. The number of H-pyrrole nitrogens is 1. The van der Waals surface area contributed by atoms with Crippen LogP contribution in [0.15, 0.2) is 9.59 Å². The van der Waals surface area contributed by atoms with Gasteiger partial charge in [0.2, 0.25) is 0 Å². The monoisotopic (exact) mass is 316 g/mol. The second-order valence-corrected chi connectivity index (χ2v) is 6.81. The summed E-state index contributed by atoms with van der Waals surface area (Å²) in [6, 6.07) is -0.101. The van der Waals surface area contributed by atoms with Crippen molar-refractivity contribution in [3.63, 3.8) is 0 Å². The Morgan fingerprint density at radius 2 is 2.05 bits per heavy atom. The molecule has 1 saturated carbocycles. The fraction of sp³-hybridized carbons (Fsp3) is 0.714. The smallest absolute Gasteiger partial charge is 0.297 e. The van der Waals surface area contributed by atoms with E-state index >= 15 is 0 Å². The zero-order valence-corrected chi connectivity index (χ0v) is 13.5. The van der Waals surface area contributed by atoms with Crippen molar-refractivity contribution < 1.29 is 0 Å². The van der Waals surface area contributed by atoms with E-state index in [9.17, 15) is 9.59 Å². The minimum Gasteiger partial charge on any atom is -0.297 e. The number of nitrogens with zero attached hydrogens (tertiary/aromatic N) is 1. The lowest BCUT2D eigenvalue weighted by Crippen LogP contribution is -2.40. The Labute approximate surface area is 127 Å². The summed E-state index contributed by atoms with van der Waals surface area (Å²) >= 11 is 7.84. The molecule has 0 aliphatic heterocycles. The number of thioether (sulfide) groups is 1. The second kappa shape index (κ2) is 6.85. The van der Waals surface area contributed by atoms with Crippen molar-refractivity contribution in [3.05, 3.63) is 31.6 Å². The van der Waals surface area contributed by atoms with Gasteiger partial charge in [-0.15, -0.1) is 0 Å². The van der Waals surface area contributed by atoms with Crippen LogP contribution in [0.2, 0.25) is 5.15 Å². The lowest BCUT2D eigenvalue weighted by Gasteiger charge is -2.17. The SMILES string of the molecule is CSCCC(C)n1c(=O)[nH]c(Cl)c(C2CCCC2)c1=O. The maximum atomic E-state index is 12.7. The first kappa shape index (κ1) is 15.7. The van der Waals surface area contributed by atoms with E-state index in [2.05, 4.69) is 4.98 Å². The van der Waals surface area contributed by atoms with Crippen molar-refractivity contribution in [1.29, 1.82) is 0 Å². The number of aromatic amines is 1. The first-order chi connectivity index (χ1) is 9.56. The van der Waals surface area contributed by atoms with E-state index in [0.29, 0.717) is 5.56 Å². The van der Waals surface area contributed by atoms with Gasteiger partial charge in [0.15, 0.2) is 0 Å². The fourth-order valence-electron chi connectivity index (χ4n) is 2.92. The maximum absolute atomic E-state index is 12.7. The zero-order valence-electron chi connectivity index (χ0n) is 11.9. The van der Waals surface area contributed by atoms with E-state index in [1.54, 1.807) is 11.8 Å². The van der Waals surface area contributed by atoms with Crippen molar-refractivity contribution in [2.75, 3.05) is 12.0 Å². The molecule has 20 heavy (non-hydrogen) atoms. The Hall–Kier alpha value is -0.680. The molecule has 1 N–H and O–H groups in total. The van der Waals surface area contributed by atoms with Crippen LogP contribution in [0.1, 0.15) is 56.6 Å². The van der Waals surface area contributed by atoms with Crippen LogP contribution in [-0.4, -0.2) is 21.6 Å². The summed E-state index contributed by atoms with van der Waals surface area (Å²) in [4.78, 5) is 27.4. The summed E-state index contributed by atoms with van der Waals surface area (Å²) in [6.07, 6.45) is 7.05. The lowest BCUT2D eigenvalue weighted by molar-refractivity contribution is 0.484. The Morgan fingerprint density at radius 3 is 2.65 bits per heavy atom. The Morgan fingerprint density at radius 1 is 1.40 bits per heavy atom. The summed E-state index contributed by atoms with van der Waals surface area (Å²) in [5.41, 5.74) is 0.0226. The van der Waals surface area contributed by atoms with Gasteiger partial charge in [-0.05, 0) is 44.1 Å². The van der Waals surface area contributed by atoms with Crippen molar-refractivity contribution in [3.8, 4) is 0 Å². The second-order valence-electron chi connectivity index (χ2n) is 5.44. The third-order valence-electron chi connectivity index (χ3n) is 4.07. The van der Waals surface area contributed by atoms with Gasteiger partial charge in [-0.3, -0.25) is 14.3 Å². The van der Waals surface area contributed by atoms with Crippen molar-refractivity contribution in [1.82, 2.24) is 9.55 Å². The van der Waals surface area contributed by atoms with Crippen LogP contribution in [0.3, 0.4) is 0 Å². The summed E-state index contributed by atoms with van der Waals surface area (Å²) in [5.74, 6) is 1.12. The zero-order chi connectivity index (χ0) is 14.7. The molecule has 1 atom stereocenters. The van der Waals surface area contributed by atoms with Crippen LogP contribution in [0.25, 0.3) is 0 Å². The molecule has 6 heteroatoms. The van der Waals surface area contributed by atoms with Gasteiger partial charge in [-0.25, -0.2) is 4.79 Å². The van der Waals surface area contributed by atoms with E-state index < -0.39 is 5.69 Å². The number of rotatable bonds is 5. The van der Waals surface area contributed by atoms with E-state index in [-0.39, 0.29) is 22.7 Å². The largest absolute Gasteiger partial charge is 0.329 e. The molecule has 1 aromatic heterocycles. The van der Waals surface area contributed by atoms with Crippen molar-refractivity contribution in [2.24, 2.45) is 0 Å². The molecule has 1 aliphatic carbocycles. The Balaban J connectivity index is 2.44. The molecule has 1 aromatic rings. The quantitative estimate of drug-likeness (QED) is 0.849. The summed E-state index contributed by atoms with van der Waals surface area (Å²) in [6.45, 7) is 1.92. The van der Waals surface area contributed by atoms with Gasteiger partial charge in [0.05, 0.1) is 5.56 Å². The van der Waals surface area contributed by atoms with E-state index in [4.69, 9.17) is 11.6 Å². The average molecular weight is 317 g/mol. The van der Waals surface area contributed by atoms with Gasteiger partial charge >= 0.3 is 5.69 Å². The number of halogens is 1. The molecule has 0 amide bonds.